The lowest BCUT2D eigenvalue weighted by atomic mass is 9.71. The SMILES string of the molecule is Cn1cc(N[C@@H](CC2CC2)C(=O)N2[C@@H]3CC[C@H]([C@H]2C(=O)N[C@@H](C#N)C[C@H]2CCCNC2=O)C(F)(F)C3)cn1. The fourth-order valence-electron chi connectivity index (χ4n) is 6.36. The molecule has 5 aliphatic rings. The Morgan fingerprint density at radius 3 is 2.68 bits per heavy atom. The van der Waals surface area contributed by atoms with Gasteiger partial charge in [-0.2, -0.15) is 10.4 Å². The third-order valence-electron chi connectivity index (χ3n) is 8.46. The van der Waals surface area contributed by atoms with Crippen LogP contribution in [-0.2, 0) is 21.4 Å². The first-order chi connectivity index (χ1) is 18.2. The van der Waals surface area contributed by atoms with Crippen molar-refractivity contribution in [3.05, 3.63) is 12.4 Å². The van der Waals surface area contributed by atoms with Gasteiger partial charge < -0.3 is 20.9 Å². The Bertz CT molecular complexity index is 1110. The van der Waals surface area contributed by atoms with E-state index in [0.29, 0.717) is 37.4 Å². The minimum atomic E-state index is -3.09. The molecule has 3 saturated heterocycles. The number of carbonyl (C=O) groups is 3. The minimum Gasteiger partial charge on any atom is -0.371 e. The Hall–Kier alpha value is -3.23. The van der Waals surface area contributed by atoms with Gasteiger partial charge in [-0.15, -0.1) is 0 Å². The van der Waals surface area contributed by atoms with Crippen molar-refractivity contribution in [2.24, 2.45) is 24.8 Å². The summed E-state index contributed by atoms with van der Waals surface area (Å²) in [7, 11) is 1.76. The third kappa shape index (κ3) is 5.47. The number of nitrogens with zero attached hydrogens (tertiary/aromatic N) is 4. The average Bonchev–Trinajstić information content (AvgIpc) is 3.61. The molecule has 5 fully saturated rings. The number of alkyl halides is 2. The molecule has 6 rings (SSSR count). The smallest absolute Gasteiger partial charge is 0.255 e. The summed E-state index contributed by atoms with van der Waals surface area (Å²) >= 11 is 0. The van der Waals surface area contributed by atoms with Crippen LogP contribution in [0.25, 0.3) is 0 Å². The van der Waals surface area contributed by atoms with Crippen molar-refractivity contribution in [2.75, 3.05) is 11.9 Å². The molecule has 3 amide bonds. The number of hydrogen-bond donors (Lipinski definition) is 3. The molecule has 1 aromatic heterocycles. The summed E-state index contributed by atoms with van der Waals surface area (Å²) in [6.45, 7) is 0.575. The number of fused-ring (bicyclic) bond motifs is 3. The number of halogens is 2. The maximum Gasteiger partial charge on any atom is 0.255 e. The summed E-state index contributed by atoms with van der Waals surface area (Å²) in [4.78, 5) is 41.1. The van der Waals surface area contributed by atoms with Crippen LogP contribution >= 0.6 is 0 Å². The molecule has 3 aliphatic heterocycles. The standard InChI is InChI=1S/C26H35F2N7O3/c1-34-14-18(13-31-34)32-21(9-15-4-5-15)25(38)35-19-6-7-20(26(27,28)11-19)22(35)24(37)33-17(12-29)10-16-3-2-8-30-23(16)36/h13-17,19-22,32H,2-11H2,1H3,(H,30,36)(H,33,37)/t16-,17-,19-,20-,21+,22+/m1/s1. The molecule has 12 heteroatoms. The average molecular weight is 532 g/mol. The van der Waals surface area contributed by atoms with Gasteiger partial charge in [0.15, 0.2) is 0 Å². The molecule has 0 unspecified atom stereocenters. The van der Waals surface area contributed by atoms with Gasteiger partial charge in [0.25, 0.3) is 5.92 Å². The maximum atomic E-state index is 15.1. The van der Waals surface area contributed by atoms with E-state index in [1.54, 1.807) is 24.1 Å². The number of aryl methyl sites for hydroxylation is 1. The molecule has 38 heavy (non-hydrogen) atoms. The summed E-state index contributed by atoms with van der Waals surface area (Å²) in [5.41, 5.74) is 0.648. The molecule has 6 atom stereocenters. The van der Waals surface area contributed by atoms with Gasteiger partial charge in [-0.25, -0.2) is 8.78 Å². The zero-order valence-corrected chi connectivity index (χ0v) is 21.5. The van der Waals surface area contributed by atoms with Gasteiger partial charge in [0.2, 0.25) is 17.7 Å². The first-order valence-corrected chi connectivity index (χ1v) is 13.6. The van der Waals surface area contributed by atoms with Crippen LogP contribution in [0.2, 0.25) is 0 Å². The van der Waals surface area contributed by atoms with Crippen LogP contribution < -0.4 is 16.0 Å². The molecule has 10 nitrogen and oxygen atoms in total. The number of rotatable bonds is 9. The molecule has 1 aromatic rings. The lowest BCUT2D eigenvalue weighted by Gasteiger charge is -2.54. The van der Waals surface area contributed by atoms with Crippen LogP contribution in [0.4, 0.5) is 14.5 Å². The molecule has 2 bridgehead atoms. The molecular weight excluding hydrogens is 496 g/mol. The fourth-order valence-corrected chi connectivity index (χ4v) is 6.36. The highest BCUT2D eigenvalue weighted by Gasteiger charge is 2.61. The lowest BCUT2D eigenvalue weighted by molar-refractivity contribution is -0.194. The van der Waals surface area contributed by atoms with E-state index in [1.807, 2.05) is 6.07 Å². The number of hydrogen-bond acceptors (Lipinski definition) is 6. The van der Waals surface area contributed by atoms with Gasteiger partial charge in [-0.1, -0.05) is 12.8 Å². The Labute approximate surface area is 220 Å². The Kier molecular flexibility index (Phi) is 7.29. The maximum absolute atomic E-state index is 15.1. The van der Waals surface area contributed by atoms with Crippen LogP contribution in [-0.4, -0.2) is 69.0 Å². The van der Waals surface area contributed by atoms with Crippen molar-refractivity contribution >= 4 is 23.4 Å². The molecule has 206 valence electrons. The third-order valence-corrected chi connectivity index (χ3v) is 8.46. The van der Waals surface area contributed by atoms with E-state index in [0.717, 1.165) is 19.3 Å². The highest BCUT2D eigenvalue weighted by molar-refractivity contribution is 5.92. The summed E-state index contributed by atoms with van der Waals surface area (Å²) in [6, 6.07) is -1.81. The van der Waals surface area contributed by atoms with E-state index in [-0.39, 0.29) is 24.7 Å². The number of piperidine rings is 3. The molecule has 2 saturated carbocycles. The summed E-state index contributed by atoms with van der Waals surface area (Å²) in [6.07, 6.45) is 7.44. The predicted molar refractivity (Wildman–Crippen MR) is 133 cm³/mol. The van der Waals surface area contributed by atoms with Crippen LogP contribution in [0.15, 0.2) is 12.4 Å². The Balaban J connectivity index is 1.37. The van der Waals surface area contributed by atoms with Gasteiger partial charge in [0.1, 0.15) is 18.1 Å². The molecule has 4 heterocycles. The van der Waals surface area contributed by atoms with Crippen molar-refractivity contribution in [2.45, 2.75) is 87.9 Å². The zero-order chi connectivity index (χ0) is 27.0. The van der Waals surface area contributed by atoms with Crippen LogP contribution in [0.3, 0.4) is 0 Å². The van der Waals surface area contributed by atoms with Gasteiger partial charge >= 0.3 is 0 Å². The van der Waals surface area contributed by atoms with Crippen molar-refractivity contribution in [1.29, 1.82) is 5.26 Å². The van der Waals surface area contributed by atoms with Gasteiger partial charge in [-0.05, 0) is 44.4 Å². The number of aromatic nitrogens is 2. The zero-order valence-electron chi connectivity index (χ0n) is 21.5. The van der Waals surface area contributed by atoms with Gasteiger partial charge in [0, 0.05) is 38.2 Å². The van der Waals surface area contributed by atoms with Crippen LogP contribution in [0, 0.1) is 29.1 Å². The Morgan fingerprint density at radius 2 is 2.05 bits per heavy atom. The van der Waals surface area contributed by atoms with Gasteiger partial charge in [-0.3, -0.25) is 19.1 Å². The summed E-state index contributed by atoms with van der Waals surface area (Å²) in [5, 5.41) is 22.5. The molecule has 0 radical (unpaired) electrons. The Morgan fingerprint density at radius 1 is 1.26 bits per heavy atom. The van der Waals surface area contributed by atoms with Crippen LogP contribution in [0.1, 0.15) is 57.8 Å². The first-order valence-electron chi connectivity index (χ1n) is 13.6. The van der Waals surface area contributed by atoms with E-state index in [2.05, 4.69) is 21.0 Å². The molecule has 3 N–H and O–H groups in total. The lowest BCUT2D eigenvalue weighted by Crippen LogP contribution is -2.70. The quantitative estimate of drug-likeness (QED) is 0.446. The second kappa shape index (κ2) is 10.5. The highest BCUT2D eigenvalue weighted by Crippen LogP contribution is 2.49. The molecular formula is C26H35F2N7O3. The van der Waals surface area contributed by atoms with Crippen molar-refractivity contribution in [1.82, 2.24) is 25.3 Å². The van der Waals surface area contributed by atoms with E-state index >= 15 is 8.78 Å². The number of carbonyl (C=O) groups excluding carboxylic acids is 3. The van der Waals surface area contributed by atoms with Gasteiger partial charge in [0.05, 0.1) is 23.9 Å². The van der Waals surface area contributed by atoms with E-state index in [9.17, 15) is 19.6 Å². The molecule has 0 aromatic carbocycles. The largest absolute Gasteiger partial charge is 0.371 e. The number of amides is 3. The van der Waals surface area contributed by atoms with E-state index < -0.39 is 54.3 Å². The molecule has 2 aliphatic carbocycles. The summed E-state index contributed by atoms with van der Waals surface area (Å²) in [5.74, 6) is -5.76. The second-order valence-corrected chi connectivity index (χ2v) is 11.3. The topological polar surface area (TPSA) is 132 Å². The van der Waals surface area contributed by atoms with Crippen LogP contribution in [0.5, 0.6) is 0 Å². The van der Waals surface area contributed by atoms with Crippen molar-refractivity contribution in [3.8, 4) is 6.07 Å². The number of anilines is 1. The highest BCUT2D eigenvalue weighted by atomic mass is 19.3. The van der Waals surface area contributed by atoms with E-state index in [1.165, 1.54) is 4.90 Å². The second-order valence-electron chi connectivity index (χ2n) is 11.3. The normalized spacial score (nSPS) is 29.6. The van der Waals surface area contributed by atoms with Crippen molar-refractivity contribution < 1.29 is 23.2 Å². The number of nitrogens with one attached hydrogen (secondary N) is 3. The fraction of sp³-hybridized carbons (Fsp3) is 0.731. The molecule has 0 spiro atoms. The summed E-state index contributed by atoms with van der Waals surface area (Å²) < 4.78 is 31.8. The number of nitriles is 1. The first kappa shape index (κ1) is 26.4. The predicted octanol–water partition coefficient (Wildman–Crippen LogP) is 1.94. The van der Waals surface area contributed by atoms with E-state index in [4.69, 9.17) is 0 Å². The monoisotopic (exact) mass is 531 g/mol. The van der Waals surface area contributed by atoms with Crippen molar-refractivity contribution in [3.63, 3.8) is 0 Å². The minimum absolute atomic E-state index is 0.103.